The van der Waals surface area contributed by atoms with Gasteiger partial charge in [-0.2, -0.15) is 0 Å². The maximum absolute atomic E-state index is 13.5. The molecule has 28 heavy (non-hydrogen) atoms. The summed E-state index contributed by atoms with van der Waals surface area (Å²) in [5.41, 5.74) is 2.43. The first-order valence-corrected chi connectivity index (χ1v) is 10.5. The molecule has 2 aliphatic heterocycles. The molecule has 6 heteroatoms. The molecule has 2 heterocycles. The maximum Gasteiger partial charge on any atom is 0.235 e. The van der Waals surface area contributed by atoms with E-state index < -0.39 is 5.41 Å². The number of ether oxygens (including phenoxy) is 2. The maximum atomic E-state index is 13.5. The van der Waals surface area contributed by atoms with E-state index in [0.29, 0.717) is 26.1 Å². The van der Waals surface area contributed by atoms with E-state index in [2.05, 4.69) is 38.3 Å². The van der Waals surface area contributed by atoms with E-state index in [1.807, 2.05) is 36.4 Å². The highest BCUT2D eigenvalue weighted by Crippen LogP contribution is 2.37. The average Bonchev–Trinajstić information content (AvgIpc) is 2.75. The van der Waals surface area contributed by atoms with E-state index in [1.165, 1.54) is 0 Å². The first-order valence-electron chi connectivity index (χ1n) is 9.75. The lowest BCUT2D eigenvalue weighted by Gasteiger charge is -2.36. The van der Waals surface area contributed by atoms with E-state index in [-0.39, 0.29) is 5.91 Å². The Morgan fingerprint density at radius 1 is 0.964 bits per heavy atom. The van der Waals surface area contributed by atoms with Crippen molar-refractivity contribution in [2.45, 2.75) is 18.3 Å². The summed E-state index contributed by atoms with van der Waals surface area (Å²) >= 11 is 3.48. The quantitative estimate of drug-likeness (QED) is 0.774. The molecule has 4 rings (SSSR count). The van der Waals surface area contributed by atoms with Crippen molar-refractivity contribution in [1.82, 2.24) is 0 Å². The van der Waals surface area contributed by atoms with E-state index in [0.717, 1.165) is 47.7 Å². The number of rotatable bonds is 4. The van der Waals surface area contributed by atoms with Crippen LogP contribution < -0.4 is 10.2 Å². The van der Waals surface area contributed by atoms with Gasteiger partial charge in [0.2, 0.25) is 5.91 Å². The van der Waals surface area contributed by atoms with Crippen molar-refractivity contribution in [3.63, 3.8) is 0 Å². The number of amides is 1. The molecule has 1 amide bonds. The molecule has 148 valence electrons. The van der Waals surface area contributed by atoms with Gasteiger partial charge in [-0.25, -0.2) is 0 Å². The molecule has 2 fully saturated rings. The van der Waals surface area contributed by atoms with Crippen LogP contribution in [-0.2, 0) is 19.7 Å². The monoisotopic (exact) mass is 444 g/mol. The summed E-state index contributed by atoms with van der Waals surface area (Å²) in [7, 11) is 0. The largest absolute Gasteiger partial charge is 0.381 e. The summed E-state index contributed by atoms with van der Waals surface area (Å²) < 4.78 is 12.0. The van der Waals surface area contributed by atoms with Gasteiger partial charge >= 0.3 is 0 Å². The van der Waals surface area contributed by atoms with Gasteiger partial charge in [0, 0.05) is 42.2 Å². The lowest BCUT2D eigenvalue weighted by Crippen LogP contribution is -2.44. The second kappa shape index (κ2) is 8.64. The molecule has 0 aromatic heterocycles. The van der Waals surface area contributed by atoms with Gasteiger partial charge in [-0.3, -0.25) is 4.79 Å². The van der Waals surface area contributed by atoms with Gasteiger partial charge in [-0.1, -0.05) is 34.1 Å². The third-order valence-electron chi connectivity index (χ3n) is 5.66. The number of carbonyl (C=O) groups excluding carboxylic acids is 1. The van der Waals surface area contributed by atoms with Gasteiger partial charge < -0.3 is 19.7 Å². The number of halogens is 1. The Balaban J connectivity index is 1.57. The van der Waals surface area contributed by atoms with E-state index in [1.54, 1.807) is 0 Å². The Kier molecular flexibility index (Phi) is 5.99. The van der Waals surface area contributed by atoms with E-state index in [9.17, 15) is 4.79 Å². The standard InChI is InChI=1S/C22H25BrN2O3/c23-18-6-4-17(5-7-18)22(8-12-27-13-9-22)21(26)24-19-2-1-3-20(16-19)25-10-14-28-15-11-25/h1-7,16H,8-15H2,(H,24,26). The predicted molar refractivity (Wildman–Crippen MR) is 114 cm³/mol. The zero-order valence-electron chi connectivity index (χ0n) is 15.8. The van der Waals surface area contributed by atoms with Crippen molar-refractivity contribution in [2.75, 3.05) is 49.7 Å². The molecule has 5 nitrogen and oxygen atoms in total. The van der Waals surface area contributed by atoms with Crippen molar-refractivity contribution in [2.24, 2.45) is 0 Å². The normalized spacial score (nSPS) is 19.2. The topological polar surface area (TPSA) is 50.8 Å². The van der Waals surface area contributed by atoms with Crippen LogP contribution in [-0.4, -0.2) is 45.4 Å². The summed E-state index contributed by atoms with van der Waals surface area (Å²) in [4.78, 5) is 15.7. The van der Waals surface area contributed by atoms with Gasteiger partial charge in [0.25, 0.3) is 0 Å². The Morgan fingerprint density at radius 2 is 1.64 bits per heavy atom. The summed E-state index contributed by atoms with van der Waals surface area (Å²) in [6.45, 7) is 4.41. The minimum atomic E-state index is -0.562. The van der Waals surface area contributed by atoms with Crippen molar-refractivity contribution in [3.8, 4) is 0 Å². The Morgan fingerprint density at radius 3 is 2.36 bits per heavy atom. The fourth-order valence-electron chi connectivity index (χ4n) is 3.99. The predicted octanol–water partition coefficient (Wildman–Crippen LogP) is 3.97. The van der Waals surface area contributed by atoms with Crippen molar-refractivity contribution in [1.29, 1.82) is 0 Å². The molecule has 0 unspecified atom stereocenters. The fraction of sp³-hybridized carbons (Fsp3) is 0.409. The summed E-state index contributed by atoms with van der Waals surface area (Å²) in [5.74, 6) is 0.0391. The lowest BCUT2D eigenvalue weighted by molar-refractivity contribution is -0.125. The van der Waals surface area contributed by atoms with Gasteiger partial charge in [-0.15, -0.1) is 0 Å². The van der Waals surface area contributed by atoms with Crippen LogP contribution in [0.5, 0.6) is 0 Å². The molecule has 0 radical (unpaired) electrons. The molecule has 0 atom stereocenters. The highest BCUT2D eigenvalue weighted by molar-refractivity contribution is 9.10. The van der Waals surface area contributed by atoms with Crippen LogP contribution in [0.25, 0.3) is 0 Å². The van der Waals surface area contributed by atoms with E-state index >= 15 is 0 Å². The smallest absolute Gasteiger partial charge is 0.235 e. The SMILES string of the molecule is O=C(Nc1cccc(N2CCOCC2)c1)C1(c2ccc(Br)cc2)CCOCC1. The van der Waals surface area contributed by atoms with Gasteiger partial charge in [0.1, 0.15) is 0 Å². The molecule has 0 bridgehead atoms. The van der Waals surface area contributed by atoms with Gasteiger partial charge in [0.05, 0.1) is 18.6 Å². The second-order valence-electron chi connectivity index (χ2n) is 7.31. The molecule has 0 aliphatic carbocycles. The molecule has 0 saturated carbocycles. The minimum absolute atomic E-state index is 0.0391. The number of hydrogen-bond acceptors (Lipinski definition) is 4. The molecule has 1 N–H and O–H groups in total. The summed E-state index contributed by atoms with van der Waals surface area (Å²) in [6, 6.07) is 16.2. The third-order valence-corrected chi connectivity index (χ3v) is 6.19. The summed E-state index contributed by atoms with van der Waals surface area (Å²) in [6.07, 6.45) is 1.37. The van der Waals surface area contributed by atoms with Crippen LogP contribution >= 0.6 is 15.9 Å². The molecule has 0 spiro atoms. The second-order valence-corrected chi connectivity index (χ2v) is 8.22. The number of carbonyl (C=O) groups is 1. The Bertz CT molecular complexity index is 813. The van der Waals surface area contributed by atoms with Crippen LogP contribution in [0.1, 0.15) is 18.4 Å². The first-order chi connectivity index (χ1) is 13.7. The summed E-state index contributed by atoms with van der Waals surface area (Å²) in [5, 5.41) is 3.18. The molecule has 2 aliphatic rings. The molecular weight excluding hydrogens is 420 g/mol. The van der Waals surface area contributed by atoms with Crippen LogP contribution in [0.3, 0.4) is 0 Å². The molecule has 2 aromatic carbocycles. The first kappa shape index (κ1) is 19.4. The van der Waals surface area contributed by atoms with Crippen LogP contribution in [0, 0.1) is 0 Å². The fourth-order valence-corrected chi connectivity index (χ4v) is 4.25. The highest BCUT2D eigenvalue weighted by Gasteiger charge is 2.41. The number of anilines is 2. The highest BCUT2D eigenvalue weighted by atomic mass is 79.9. The van der Waals surface area contributed by atoms with Crippen LogP contribution in [0.4, 0.5) is 11.4 Å². The zero-order valence-corrected chi connectivity index (χ0v) is 17.4. The number of morpholine rings is 1. The molecule has 2 aromatic rings. The number of hydrogen-bond donors (Lipinski definition) is 1. The zero-order chi connectivity index (χ0) is 19.4. The van der Waals surface area contributed by atoms with Gasteiger partial charge in [-0.05, 0) is 48.7 Å². The number of nitrogens with zero attached hydrogens (tertiary/aromatic N) is 1. The minimum Gasteiger partial charge on any atom is -0.381 e. The van der Waals surface area contributed by atoms with Crippen molar-refractivity contribution >= 4 is 33.2 Å². The van der Waals surface area contributed by atoms with Crippen LogP contribution in [0.2, 0.25) is 0 Å². The third kappa shape index (κ3) is 4.09. The lowest BCUT2D eigenvalue weighted by atomic mass is 9.73. The van der Waals surface area contributed by atoms with Crippen LogP contribution in [0.15, 0.2) is 53.0 Å². The van der Waals surface area contributed by atoms with Crippen molar-refractivity contribution < 1.29 is 14.3 Å². The Hall–Kier alpha value is -1.89. The Labute approximate surface area is 174 Å². The van der Waals surface area contributed by atoms with Gasteiger partial charge in [0.15, 0.2) is 0 Å². The number of nitrogens with one attached hydrogen (secondary N) is 1. The molecular formula is C22H25BrN2O3. The molecule has 2 saturated heterocycles. The number of benzene rings is 2. The average molecular weight is 445 g/mol. The van der Waals surface area contributed by atoms with Crippen molar-refractivity contribution in [3.05, 3.63) is 58.6 Å². The van der Waals surface area contributed by atoms with E-state index in [4.69, 9.17) is 9.47 Å².